The number of thiophene rings is 1. The van der Waals surface area contributed by atoms with E-state index >= 15 is 0 Å². The molecule has 4 heteroatoms. The summed E-state index contributed by atoms with van der Waals surface area (Å²) < 4.78 is 1.17. The number of aliphatic imine (C=N–C) groups is 2. The monoisotopic (exact) mass is 337 g/mol. The Morgan fingerprint density at radius 2 is 2.17 bits per heavy atom. The van der Waals surface area contributed by atoms with Crippen LogP contribution in [0.1, 0.15) is 37.9 Å². The van der Waals surface area contributed by atoms with Gasteiger partial charge in [0.1, 0.15) is 0 Å². The van der Waals surface area contributed by atoms with E-state index in [1.807, 2.05) is 26.1 Å². The fraction of sp³-hybridized carbons (Fsp3) is 0.250. The molecule has 0 aromatic carbocycles. The van der Waals surface area contributed by atoms with Gasteiger partial charge in [-0.3, -0.25) is 9.98 Å². The Hall–Kier alpha value is -2.33. The highest BCUT2D eigenvalue weighted by Crippen LogP contribution is 2.30. The van der Waals surface area contributed by atoms with Gasteiger partial charge in [-0.25, -0.2) is 4.98 Å². The van der Waals surface area contributed by atoms with Gasteiger partial charge in [-0.15, -0.1) is 11.3 Å². The van der Waals surface area contributed by atoms with Crippen molar-refractivity contribution in [3.8, 4) is 0 Å². The van der Waals surface area contributed by atoms with Crippen LogP contribution in [0.25, 0.3) is 15.8 Å². The van der Waals surface area contributed by atoms with Gasteiger partial charge in [-0.2, -0.15) is 0 Å². The predicted molar refractivity (Wildman–Crippen MR) is 108 cm³/mol. The van der Waals surface area contributed by atoms with E-state index in [0.29, 0.717) is 0 Å². The van der Waals surface area contributed by atoms with E-state index in [9.17, 15) is 0 Å². The molecule has 0 bridgehead atoms. The van der Waals surface area contributed by atoms with Crippen molar-refractivity contribution in [3.05, 3.63) is 59.3 Å². The van der Waals surface area contributed by atoms with Crippen molar-refractivity contribution in [1.29, 1.82) is 0 Å². The molecule has 2 aromatic heterocycles. The Kier molecular flexibility index (Phi) is 6.82. The molecule has 2 aromatic rings. The lowest BCUT2D eigenvalue weighted by Crippen LogP contribution is -2.00. The summed E-state index contributed by atoms with van der Waals surface area (Å²) in [5.74, 6) is 0. The SMILES string of the molecule is C=N/C=C\C(=C/C)c1csc2ccc(C(/C=C\CCC)=NC)nc12. The number of unbranched alkanes of at least 4 members (excludes halogenated alkanes) is 1. The van der Waals surface area contributed by atoms with Gasteiger partial charge in [0.2, 0.25) is 0 Å². The average Bonchev–Trinajstić information content (AvgIpc) is 3.03. The zero-order valence-corrected chi connectivity index (χ0v) is 15.3. The third kappa shape index (κ3) is 4.15. The number of pyridine rings is 1. The number of fused-ring (bicyclic) bond motifs is 1. The summed E-state index contributed by atoms with van der Waals surface area (Å²) in [6, 6.07) is 4.16. The summed E-state index contributed by atoms with van der Waals surface area (Å²) in [4.78, 5) is 13.1. The molecule has 0 spiro atoms. The molecule has 24 heavy (non-hydrogen) atoms. The molecular weight excluding hydrogens is 314 g/mol. The van der Waals surface area contributed by atoms with Crippen LogP contribution in [0.4, 0.5) is 0 Å². The Morgan fingerprint density at radius 1 is 1.33 bits per heavy atom. The van der Waals surface area contributed by atoms with Crippen molar-refractivity contribution in [1.82, 2.24) is 4.98 Å². The van der Waals surface area contributed by atoms with Gasteiger partial charge in [0, 0.05) is 24.2 Å². The lowest BCUT2D eigenvalue weighted by molar-refractivity contribution is 0.959. The fourth-order valence-corrected chi connectivity index (χ4v) is 3.28. The summed E-state index contributed by atoms with van der Waals surface area (Å²) in [5.41, 5.74) is 5.03. The van der Waals surface area contributed by atoms with Crippen LogP contribution < -0.4 is 0 Å². The van der Waals surface area contributed by atoms with E-state index in [-0.39, 0.29) is 0 Å². The maximum absolute atomic E-state index is 4.87. The number of hydrogen-bond acceptors (Lipinski definition) is 4. The molecule has 0 amide bonds. The molecule has 2 heterocycles. The highest BCUT2D eigenvalue weighted by atomic mass is 32.1. The zero-order valence-electron chi connectivity index (χ0n) is 14.5. The highest BCUT2D eigenvalue weighted by Gasteiger charge is 2.10. The molecular formula is C20H23N3S. The van der Waals surface area contributed by atoms with E-state index in [4.69, 9.17) is 4.98 Å². The Bertz CT molecular complexity index is 823. The van der Waals surface area contributed by atoms with Crippen molar-refractivity contribution in [2.45, 2.75) is 26.7 Å². The number of aromatic nitrogens is 1. The van der Waals surface area contributed by atoms with Crippen molar-refractivity contribution in [2.24, 2.45) is 9.98 Å². The Labute approximate surface area is 147 Å². The molecule has 0 atom stereocenters. The maximum atomic E-state index is 4.87. The number of allylic oxidation sites excluding steroid dienone is 5. The average molecular weight is 337 g/mol. The van der Waals surface area contributed by atoms with Crippen LogP contribution in [0.3, 0.4) is 0 Å². The predicted octanol–water partition coefficient (Wildman–Crippen LogP) is 5.69. The van der Waals surface area contributed by atoms with Gasteiger partial charge in [0.25, 0.3) is 0 Å². The quantitative estimate of drug-likeness (QED) is 0.472. The van der Waals surface area contributed by atoms with Gasteiger partial charge < -0.3 is 0 Å². The first kappa shape index (κ1) is 18.0. The summed E-state index contributed by atoms with van der Waals surface area (Å²) in [7, 11) is 1.81. The normalized spacial score (nSPS) is 13.5. The van der Waals surface area contributed by atoms with E-state index in [1.54, 1.807) is 17.5 Å². The number of nitrogens with zero attached hydrogens (tertiary/aromatic N) is 3. The lowest BCUT2D eigenvalue weighted by atomic mass is 10.1. The van der Waals surface area contributed by atoms with Crippen LogP contribution >= 0.6 is 11.3 Å². The minimum absolute atomic E-state index is 0.901. The van der Waals surface area contributed by atoms with Gasteiger partial charge in [-0.1, -0.05) is 25.5 Å². The molecule has 0 unspecified atom stereocenters. The van der Waals surface area contributed by atoms with Crippen molar-refractivity contribution in [3.63, 3.8) is 0 Å². The number of rotatable bonds is 7. The van der Waals surface area contributed by atoms with Crippen molar-refractivity contribution in [2.75, 3.05) is 7.05 Å². The molecule has 0 N–H and O–H groups in total. The molecule has 0 saturated heterocycles. The Balaban J connectivity index is 2.48. The zero-order chi connectivity index (χ0) is 17.4. The highest BCUT2D eigenvalue weighted by molar-refractivity contribution is 7.17. The van der Waals surface area contributed by atoms with E-state index in [1.165, 1.54) is 4.70 Å². The summed E-state index contributed by atoms with van der Waals surface area (Å²) in [6.07, 6.45) is 12.1. The van der Waals surface area contributed by atoms with Crippen molar-refractivity contribution >= 4 is 39.6 Å². The first-order valence-electron chi connectivity index (χ1n) is 8.06. The first-order valence-corrected chi connectivity index (χ1v) is 8.94. The standard InChI is InChI=1S/C20H23N3S/c1-5-7-8-9-17(22-4)18-10-11-19-20(23-18)16(14-24-19)15(6-2)12-13-21-3/h6,8-14H,3,5,7H2,1-2,4H3/b9-8-,13-12-,15-6+,22-17?. The fourth-order valence-electron chi connectivity index (χ4n) is 2.37. The molecule has 0 radical (unpaired) electrons. The molecule has 3 nitrogen and oxygen atoms in total. The van der Waals surface area contributed by atoms with E-state index < -0.39 is 0 Å². The molecule has 2 rings (SSSR count). The van der Waals surface area contributed by atoms with Crippen LogP contribution in [0.15, 0.2) is 58.0 Å². The van der Waals surface area contributed by atoms with Crippen LogP contribution in [-0.2, 0) is 0 Å². The second kappa shape index (κ2) is 9.08. The molecule has 0 fully saturated rings. The van der Waals surface area contributed by atoms with Crippen molar-refractivity contribution < 1.29 is 0 Å². The summed E-state index contributed by atoms with van der Waals surface area (Å²) in [5, 5.41) is 2.14. The molecule has 0 aliphatic rings. The summed E-state index contributed by atoms with van der Waals surface area (Å²) in [6.45, 7) is 7.68. The van der Waals surface area contributed by atoms with Crippen LogP contribution in [0, 0.1) is 0 Å². The van der Waals surface area contributed by atoms with Crippen LogP contribution in [0.2, 0.25) is 0 Å². The van der Waals surface area contributed by atoms with Crippen LogP contribution in [-0.4, -0.2) is 24.5 Å². The van der Waals surface area contributed by atoms with Gasteiger partial charge in [0.15, 0.2) is 0 Å². The minimum Gasteiger partial charge on any atom is -0.286 e. The smallest absolute Gasteiger partial charge is 0.0896 e. The van der Waals surface area contributed by atoms with E-state index in [0.717, 1.165) is 40.9 Å². The molecule has 0 saturated carbocycles. The van der Waals surface area contributed by atoms with E-state index in [2.05, 4.69) is 53.3 Å². The van der Waals surface area contributed by atoms with Gasteiger partial charge in [-0.05, 0) is 49.9 Å². The summed E-state index contributed by atoms with van der Waals surface area (Å²) >= 11 is 1.70. The molecule has 124 valence electrons. The minimum atomic E-state index is 0.901. The second-order valence-corrected chi connectivity index (χ2v) is 6.15. The first-order chi connectivity index (χ1) is 11.7. The van der Waals surface area contributed by atoms with Gasteiger partial charge in [0.05, 0.1) is 21.6 Å². The Morgan fingerprint density at radius 3 is 2.83 bits per heavy atom. The van der Waals surface area contributed by atoms with Gasteiger partial charge >= 0.3 is 0 Å². The second-order valence-electron chi connectivity index (χ2n) is 5.23. The maximum Gasteiger partial charge on any atom is 0.0896 e. The van der Waals surface area contributed by atoms with Crippen LogP contribution in [0.5, 0.6) is 0 Å². The third-order valence-electron chi connectivity index (χ3n) is 3.63. The molecule has 0 aliphatic carbocycles. The topological polar surface area (TPSA) is 37.6 Å². The lowest BCUT2D eigenvalue weighted by Gasteiger charge is -2.03. The third-order valence-corrected chi connectivity index (χ3v) is 4.57. The largest absolute Gasteiger partial charge is 0.286 e. The molecule has 0 aliphatic heterocycles. The number of hydrogen-bond donors (Lipinski definition) is 0.